The Labute approximate surface area is 119 Å². The van der Waals surface area contributed by atoms with Crippen molar-refractivity contribution in [1.29, 1.82) is 0 Å². The molecule has 19 heavy (non-hydrogen) atoms. The van der Waals surface area contributed by atoms with Gasteiger partial charge in [0.2, 0.25) is 0 Å². The van der Waals surface area contributed by atoms with Crippen molar-refractivity contribution in [2.75, 3.05) is 7.11 Å². The van der Waals surface area contributed by atoms with Gasteiger partial charge in [-0.15, -0.1) is 0 Å². The third-order valence-electron chi connectivity index (χ3n) is 2.40. The van der Waals surface area contributed by atoms with Crippen molar-refractivity contribution in [2.24, 2.45) is 4.99 Å². The van der Waals surface area contributed by atoms with Crippen LogP contribution in [-0.2, 0) is 9.53 Å². The Morgan fingerprint density at radius 2 is 1.84 bits per heavy atom. The number of ketones is 1. The number of benzene rings is 1. The molecule has 1 N–H and O–H groups in total. The number of nitrogens with zero attached hydrogens (tertiary/aromatic N) is 1. The SMILES string of the molecule is COC1=CC(=O)C=CC1=Nc1cc(Cl)c(O)c(Cl)c1. The normalized spacial score (nSPS) is 16.7. The van der Waals surface area contributed by atoms with E-state index in [1.165, 1.54) is 37.5 Å². The molecule has 1 aliphatic rings. The maximum absolute atomic E-state index is 11.2. The van der Waals surface area contributed by atoms with Crippen LogP contribution in [-0.4, -0.2) is 23.7 Å². The standard InChI is InChI=1S/C13H9Cl2NO3/c1-19-12-6-8(17)2-3-11(12)16-7-4-9(14)13(18)10(15)5-7/h2-6,18H,1H3. The number of phenols is 1. The van der Waals surface area contributed by atoms with Gasteiger partial charge in [0.1, 0.15) is 11.5 Å². The first-order valence-electron chi connectivity index (χ1n) is 5.26. The van der Waals surface area contributed by atoms with Gasteiger partial charge in [-0.25, -0.2) is 4.99 Å². The Bertz CT molecular complexity index is 610. The molecule has 2 rings (SSSR count). The van der Waals surface area contributed by atoms with E-state index in [9.17, 15) is 9.90 Å². The number of carbonyl (C=O) groups excluding carboxylic acids is 1. The van der Waals surface area contributed by atoms with Gasteiger partial charge in [-0.05, 0) is 24.3 Å². The largest absolute Gasteiger partial charge is 0.505 e. The van der Waals surface area contributed by atoms with Gasteiger partial charge < -0.3 is 9.84 Å². The quantitative estimate of drug-likeness (QED) is 0.851. The molecular weight excluding hydrogens is 289 g/mol. The summed E-state index contributed by atoms with van der Waals surface area (Å²) >= 11 is 11.6. The van der Waals surface area contributed by atoms with Crippen LogP contribution in [0.3, 0.4) is 0 Å². The van der Waals surface area contributed by atoms with Crippen LogP contribution in [0.2, 0.25) is 10.0 Å². The number of allylic oxidation sites excluding steroid dienone is 3. The molecule has 0 spiro atoms. The van der Waals surface area contributed by atoms with Gasteiger partial charge in [-0.3, -0.25) is 4.79 Å². The molecule has 1 aromatic rings. The Morgan fingerprint density at radius 1 is 1.21 bits per heavy atom. The Kier molecular flexibility index (Phi) is 3.93. The first kappa shape index (κ1) is 13.6. The maximum Gasteiger partial charge on any atom is 0.182 e. The van der Waals surface area contributed by atoms with Gasteiger partial charge in [0.25, 0.3) is 0 Å². The summed E-state index contributed by atoms with van der Waals surface area (Å²) in [6.45, 7) is 0. The van der Waals surface area contributed by atoms with Crippen molar-refractivity contribution in [2.45, 2.75) is 0 Å². The van der Waals surface area contributed by atoms with Crippen molar-refractivity contribution in [1.82, 2.24) is 0 Å². The van der Waals surface area contributed by atoms with E-state index in [2.05, 4.69) is 4.99 Å². The molecule has 0 bridgehead atoms. The lowest BCUT2D eigenvalue weighted by atomic mass is 10.1. The van der Waals surface area contributed by atoms with Crippen LogP contribution in [0.25, 0.3) is 0 Å². The van der Waals surface area contributed by atoms with E-state index in [4.69, 9.17) is 27.9 Å². The van der Waals surface area contributed by atoms with Crippen LogP contribution >= 0.6 is 23.2 Å². The lowest BCUT2D eigenvalue weighted by Gasteiger charge is -2.09. The van der Waals surface area contributed by atoms with E-state index >= 15 is 0 Å². The fraction of sp³-hybridized carbons (Fsp3) is 0.0769. The first-order valence-corrected chi connectivity index (χ1v) is 6.01. The number of halogens is 2. The second-order valence-electron chi connectivity index (χ2n) is 3.70. The number of aliphatic imine (C=N–C) groups is 1. The van der Waals surface area contributed by atoms with E-state index in [1.54, 1.807) is 0 Å². The van der Waals surface area contributed by atoms with Crippen LogP contribution in [0.5, 0.6) is 5.75 Å². The van der Waals surface area contributed by atoms with Crippen molar-refractivity contribution in [3.63, 3.8) is 0 Å². The Morgan fingerprint density at radius 3 is 2.42 bits per heavy atom. The Hall–Kier alpha value is -1.78. The van der Waals surface area contributed by atoms with Crippen molar-refractivity contribution < 1.29 is 14.6 Å². The van der Waals surface area contributed by atoms with Crippen molar-refractivity contribution in [3.8, 4) is 5.75 Å². The van der Waals surface area contributed by atoms with Crippen LogP contribution in [0, 0.1) is 0 Å². The molecule has 0 amide bonds. The molecule has 1 aliphatic carbocycles. The summed E-state index contributed by atoms with van der Waals surface area (Å²) in [5.74, 6) is -0.00505. The van der Waals surface area contributed by atoms with E-state index < -0.39 is 0 Å². The summed E-state index contributed by atoms with van der Waals surface area (Å²) in [5.41, 5.74) is 0.921. The van der Waals surface area contributed by atoms with E-state index in [-0.39, 0.29) is 21.6 Å². The van der Waals surface area contributed by atoms with E-state index in [0.29, 0.717) is 17.2 Å². The maximum atomic E-state index is 11.2. The lowest BCUT2D eigenvalue weighted by molar-refractivity contribution is -0.110. The number of ether oxygens (including phenoxy) is 1. The fourth-order valence-electron chi connectivity index (χ4n) is 1.51. The highest BCUT2D eigenvalue weighted by atomic mass is 35.5. The van der Waals surface area contributed by atoms with E-state index in [0.717, 1.165) is 0 Å². The molecule has 0 fully saturated rings. The molecule has 0 saturated carbocycles. The van der Waals surface area contributed by atoms with Crippen LogP contribution < -0.4 is 0 Å². The molecule has 98 valence electrons. The minimum atomic E-state index is -0.191. The van der Waals surface area contributed by atoms with Crippen LogP contribution in [0.15, 0.2) is 41.1 Å². The van der Waals surface area contributed by atoms with Crippen molar-refractivity contribution in [3.05, 3.63) is 46.2 Å². The van der Waals surface area contributed by atoms with Gasteiger partial charge in [0.15, 0.2) is 11.5 Å². The molecule has 0 unspecified atom stereocenters. The lowest BCUT2D eigenvalue weighted by Crippen LogP contribution is -2.09. The molecule has 0 aromatic heterocycles. The highest BCUT2D eigenvalue weighted by Crippen LogP contribution is 2.36. The molecule has 0 atom stereocenters. The summed E-state index contributed by atoms with van der Waals surface area (Å²) in [6.07, 6.45) is 4.25. The molecule has 0 aliphatic heterocycles. The molecule has 4 nitrogen and oxygen atoms in total. The number of aromatic hydroxyl groups is 1. The van der Waals surface area contributed by atoms with Crippen LogP contribution in [0.1, 0.15) is 0 Å². The second-order valence-corrected chi connectivity index (χ2v) is 4.52. The van der Waals surface area contributed by atoms with Crippen molar-refractivity contribution >= 4 is 40.4 Å². The van der Waals surface area contributed by atoms with Gasteiger partial charge >= 0.3 is 0 Å². The minimum absolute atomic E-state index is 0.102. The third-order valence-corrected chi connectivity index (χ3v) is 2.98. The average Bonchev–Trinajstić information content (AvgIpc) is 2.38. The average molecular weight is 298 g/mol. The molecule has 0 radical (unpaired) electrons. The van der Waals surface area contributed by atoms with E-state index in [1.807, 2.05) is 0 Å². The summed E-state index contributed by atoms with van der Waals surface area (Å²) in [5, 5.41) is 9.67. The zero-order chi connectivity index (χ0) is 14.0. The fourth-order valence-corrected chi connectivity index (χ4v) is 1.98. The number of methoxy groups -OCH3 is 1. The summed E-state index contributed by atoms with van der Waals surface area (Å²) in [6, 6.07) is 2.93. The van der Waals surface area contributed by atoms with Crippen LogP contribution in [0.4, 0.5) is 5.69 Å². The highest BCUT2D eigenvalue weighted by molar-refractivity contribution is 6.37. The Balaban J connectivity index is 2.44. The first-order chi connectivity index (χ1) is 9.01. The highest BCUT2D eigenvalue weighted by Gasteiger charge is 2.13. The molecule has 6 heteroatoms. The predicted molar refractivity (Wildman–Crippen MR) is 74.5 cm³/mol. The number of hydrogen-bond acceptors (Lipinski definition) is 4. The zero-order valence-corrected chi connectivity index (χ0v) is 11.4. The van der Waals surface area contributed by atoms with Gasteiger partial charge in [-0.2, -0.15) is 0 Å². The number of rotatable bonds is 2. The molecular formula is C13H9Cl2NO3. The predicted octanol–water partition coefficient (Wildman–Crippen LogP) is 3.44. The molecule has 0 heterocycles. The summed E-state index contributed by atoms with van der Waals surface area (Å²) < 4.78 is 5.07. The summed E-state index contributed by atoms with van der Waals surface area (Å²) in [4.78, 5) is 15.5. The molecule has 1 aromatic carbocycles. The topological polar surface area (TPSA) is 58.9 Å². The summed E-state index contributed by atoms with van der Waals surface area (Å²) in [7, 11) is 1.45. The van der Waals surface area contributed by atoms with Gasteiger partial charge in [0.05, 0.1) is 22.8 Å². The number of hydrogen-bond donors (Lipinski definition) is 1. The smallest absolute Gasteiger partial charge is 0.182 e. The number of phenolic OH excluding ortho intramolecular Hbond substituents is 1. The zero-order valence-electron chi connectivity index (χ0n) is 9.85. The van der Waals surface area contributed by atoms with Gasteiger partial charge in [-0.1, -0.05) is 23.2 Å². The monoisotopic (exact) mass is 297 g/mol. The minimum Gasteiger partial charge on any atom is -0.505 e. The number of carbonyl (C=O) groups is 1. The van der Waals surface area contributed by atoms with Gasteiger partial charge in [0, 0.05) is 6.08 Å². The second kappa shape index (κ2) is 5.47. The third kappa shape index (κ3) is 2.97. The molecule has 0 saturated heterocycles.